The molecule has 100 valence electrons. The van der Waals surface area contributed by atoms with Crippen LogP contribution in [0.3, 0.4) is 0 Å². The molecule has 0 aliphatic carbocycles. The van der Waals surface area contributed by atoms with Crippen LogP contribution in [0.25, 0.3) is 11.3 Å². The molecule has 0 saturated heterocycles. The van der Waals surface area contributed by atoms with Crippen molar-refractivity contribution in [2.75, 3.05) is 0 Å². The van der Waals surface area contributed by atoms with Gasteiger partial charge in [-0.3, -0.25) is 4.79 Å². The molecule has 0 aliphatic heterocycles. The molecule has 0 radical (unpaired) electrons. The highest BCUT2D eigenvalue weighted by Gasteiger charge is 2.14. The summed E-state index contributed by atoms with van der Waals surface area (Å²) in [7, 11) is 0. The SMILES string of the molecule is CCn1ccnc(-c2ccc(C(C)(C)C)cc2)c1=O. The van der Waals surface area contributed by atoms with E-state index in [2.05, 4.69) is 37.9 Å². The van der Waals surface area contributed by atoms with Gasteiger partial charge in [-0.1, -0.05) is 45.0 Å². The highest BCUT2D eigenvalue weighted by Crippen LogP contribution is 2.24. The highest BCUT2D eigenvalue weighted by atomic mass is 16.1. The fourth-order valence-corrected chi connectivity index (χ4v) is 2.02. The Morgan fingerprint density at radius 1 is 1.16 bits per heavy atom. The number of hydrogen-bond donors (Lipinski definition) is 0. The van der Waals surface area contributed by atoms with Gasteiger partial charge < -0.3 is 4.57 Å². The Kier molecular flexibility index (Phi) is 3.56. The third-order valence-corrected chi connectivity index (χ3v) is 3.28. The molecule has 19 heavy (non-hydrogen) atoms. The van der Waals surface area contributed by atoms with Crippen LogP contribution >= 0.6 is 0 Å². The molecule has 3 nitrogen and oxygen atoms in total. The normalized spacial score (nSPS) is 11.6. The van der Waals surface area contributed by atoms with Crippen LogP contribution in [-0.4, -0.2) is 9.55 Å². The zero-order chi connectivity index (χ0) is 14.0. The summed E-state index contributed by atoms with van der Waals surface area (Å²) in [5.41, 5.74) is 2.73. The molecule has 0 aliphatic rings. The van der Waals surface area contributed by atoms with Gasteiger partial charge in [0.05, 0.1) is 0 Å². The van der Waals surface area contributed by atoms with E-state index in [0.717, 1.165) is 5.56 Å². The van der Waals surface area contributed by atoms with E-state index < -0.39 is 0 Å². The topological polar surface area (TPSA) is 34.9 Å². The molecule has 0 bridgehead atoms. The van der Waals surface area contributed by atoms with E-state index in [4.69, 9.17) is 0 Å². The molecule has 1 aromatic heterocycles. The number of hydrogen-bond acceptors (Lipinski definition) is 2. The van der Waals surface area contributed by atoms with Crippen LogP contribution in [0, 0.1) is 0 Å². The minimum absolute atomic E-state index is 0.0338. The van der Waals surface area contributed by atoms with E-state index in [-0.39, 0.29) is 11.0 Å². The first-order valence-electron chi connectivity index (χ1n) is 6.60. The number of aromatic nitrogens is 2. The van der Waals surface area contributed by atoms with E-state index >= 15 is 0 Å². The molecule has 1 aromatic carbocycles. The summed E-state index contributed by atoms with van der Waals surface area (Å²) >= 11 is 0. The maximum absolute atomic E-state index is 12.2. The minimum atomic E-state index is -0.0338. The van der Waals surface area contributed by atoms with Crippen LogP contribution in [0.5, 0.6) is 0 Å². The van der Waals surface area contributed by atoms with Crippen molar-refractivity contribution in [3.63, 3.8) is 0 Å². The van der Waals surface area contributed by atoms with Crippen LogP contribution in [-0.2, 0) is 12.0 Å². The van der Waals surface area contributed by atoms with Gasteiger partial charge in [0.15, 0.2) is 0 Å². The Hall–Kier alpha value is -1.90. The van der Waals surface area contributed by atoms with Crippen LogP contribution in [0.2, 0.25) is 0 Å². The Morgan fingerprint density at radius 3 is 2.32 bits per heavy atom. The lowest BCUT2D eigenvalue weighted by Crippen LogP contribution is -2.21. The lowest BCUT2D eigenvalue weighted by molar-refractivity contribution is 0.590. The van der Waals surface area contributed by atoms with Crippen molar-refractivity contribution in [1.82, 2.24) is 9.55 Å². The molecule has 0 unspecified atom stereocenters. The fourth-order valence-electron chi connectivity index (χ4n) is 2.02. The molecule has 0 N–H and O–H groups in total. The Balaban J connectivity index is 2.46. The molecular weight excluding hydrogens is 236 g/mol. The summed E-state index contributed by atoms with van der Waals surface area (Å²) in [6, 6.07) is 8.09. The van der Waals surface area contributed by atoms with Crippen LogP contribution in [0.1, 0.15) is 33.3 Å². The monoisotopic (exact) mass is 256 g/mol. The molecule has 3 heteroatoms. The average Bonchev–Trinajstić information content (AvgIpc) is 2.38. The molecule has 0 amide bonds. The Bertz CT molecular complexity index is 618. The van der Waals surface area contributed by atoms with Crippen molar-refractivity contribution in [3.8, 4) is 11.3 Å². The van der Waals surface area contributed by atoms with Gasteiger partial charge in [-0.2, -0.15) is 0 Å². The largest absolute Gasteiger partial charge is 0.312 e. The van der Waals surface area contributed by atoms with Gasteiger partial charge >= 0.3 is 0 Å². The van der Waals surface area contributed by atoms with Crippen molar-refractivity contribution >= 4 is 0 Å². The summed E-state index contributed by atoms with van der Waals surface area (Å²) in [6.07, 6.45) is 3.40. The summed E-state index contributed by atoms with van der Waals surface area (Å²) in [4.78, 5) is 16.4. The van der Waals surface area contributed by atoms with E-state index in [1.165, 1.54) is 5.56 Å². The van der Waals surface area contributed by atoms with E-state index in [9.17, 15) is 4.79 Å². The smallest absolute Gasteiger partial charge is 0.277 e. The Labute approximate surface area is 113 Å². The van der Waals surface area contributed by atoms with Crippen molar-refractivity contribution in [3.05, 3.63) is 52.6 Å². The lowest BCUT2D eigenvalue weighted by Gasteiger charge is -2.19. The van der Waals surface area contributed by atoms with Crippen LogP contribution < -0.4 is 5.56 Å². The van der Waals surface area contributed by atoms with Gasteiger partial charge in [-0.25, -0.2) is 4.98 Å². The summed E-state index contributed by atoms with van der Waals surface area (Å²) in [5.74, 6) is 0. The first kappa shape index (κ1) is 13.5. The molecule has 0 atom stereocenters. The van der Waals surface area contributed by atoms with Crippen molar-refractivity contribution in [2.45, 2.75) is 39.7 Å². The van der Waals surface area contributed by atoms with Gasteiger partial charge in [-0.05, 0) is 17.9 Å². The van der Waals surface area contributed by atoms with E-state index in [1.54, 1.807) is 17.0 Å². The van der Waals surface area contributed by atoms with Gasteiger partial charge in [-0.15, -0.1) is 0 Å². The summed E-state index contributed by atoms with van der Waals surface area (Å²) in [5, 5.41) is 0. The minimum Gasteiger partial charge on any atom is -0.312 e. The third-order valence-electron chi connectivity index (χ3n) is 3.28. The van der Waals surface area contributed by atoms with Crippen molar-refractivity contribution < 1.29 is 0 Å². The summed E-state index contributed by atoms with van der Waals surface area (Å²) in [6.45, 7) is 9.13. The van der Waals surface area contributed by atoms with Crippen LogP contribution in [0.4, 0.5) is 0 Å². The van der Waals surface area contributed by atoms with Gasteiger partial charge in [0.2, 0.25) is 0 Å². The third kappa shape index (κ3) is 2.75. The van der Waals surface area contributed by atoms with Gasteiger partial charge in [0, 0.05) is 24.5 Å². The standard InChI is InChI=1S/C16H20N2O/c1-5-18-11-10-17-14(15(18)19)12-6-8-13(9-7-12)16(2,3)4/h6-11H,5H2,1-4H3. The highest BCUT2D eigenvalue weighted by molar-refractivity contribution is 5.58. The molecule has 2 aromatic rings. The molecule has 0 saturated carbocycles. The zero-order valence-electron chi connectivity index (χ0n) is 12.0. The average molecular weight is 256 g/mol. The van der Waals surface area contributed by atoms with Gasteiger partial charge in [0.25, 0.3) is 5.56 Å². The second-order valence-electron chi connectivity index (χ2n) is 5.69. The van der Waals surface area contributed by atoms with Crippen molar-refractivity contribution in [2.24, 2.45) is 0 Å². The van der Waals surface area contributed by atoms with E-state index in [1.807, 2.05) is 19.1 Å². The van der Waals surface area contributed by atoms with Crippen molar-refractivity contribution in [1.29, 1.82) is 0 Å². The second kappa shape index (κ2) is 5.00. The fraction of sp³-hybridized carbons (Fsp3) is 0.375. The molecule has 2 rings (SSSR count). The van der Waals surface area contributed by atoms with Crippen LogP contribution in [0.15, 0.2) is 41.5 Å². The predicted molar refractivity (Wildman–Crippen MR) is 78.3 cm³/mol. The zero-order valence-corrected chi connectivity index (χ0v) is 12.0. The first-order valence-corrected chi connectivity index (χ1v) is 6.60. The first-order chi connectivity index (χ1) is 8.93. The molecule has 1 heterocycles. The molecule has 0 spiro atoms. The number of nitrogens with zero attached hydrogens (tertiary/aromatic N) is 2. The Morgan fingerprint density at radius 2 is 1.79 bits per heavy atom. The maximum atomic E-state index is 12.2. The molecular formula is C16H20N2O. The van der Waals surface area contributed by atoms with E-state index in [0.29, 0.717) is 12.2 Å². The quantitative estimate of drug-likeness (QED) is 0.827. The predicted octanol–water partition coefficient (Wildman–Crippen LogP) is 3.23. The number of aryl methyl sites for hydroxylation is 1. The molecule has 0 fully saturated rings. The number of rotatable bonds is 2. The summed E-state index contributed by atoms with van der Waals surface area (Å²) < 4.78 is 1.67. The second-order valence-corrected chi connectivity index (χ2v) is 5.69. The van der Waals surface area contributed by atoms with Gasteiger partial charge in [0.1, 0.15) is 5.69 Å². The maximum Gasteiger partial charge on any atom is 0.277 e. The lowest BCUT2D eigenvalue weighted by atomic mass is 9.86. The number of benzene rings is 1.